The second kappa shape index (κ2) is 5.92. The number of rotatable bonds is 5. The molecule has 9 heteroatoms. The molecule has 1 aliphatic rings. The van der Waals surface area contributed by atoms with Crippen LogP contribution in [-0.2, 0) is 10.0 Å². The number of aliphatic hydroxyl groups excluding tert-OH is 1. The highest BCUT2D eigenvalue weighted by Gasteiger charge is 2.31. The van der Waals surface area contributed by atoms with Crippen molar-refractivity contribution in [1.29, 1.82) is 0 Å². The SMILES string of the molecule is O=C(O)c1ccc(S(=O)(=O)N2CCN(CCO)CC2)o1. The first kappa shape index (κ1) is 15.0. The second-order valence-electron chi connectivity index (χ2n) is 4.39. The number of hydrogen-bond acceptors (Lipinski definition) is 6. The maximum absolute atomic E-state index is 12.3. The Morgan fingerprint density at radius 3 is 2.40 bits per heavy atom. The van der Waals surface area contributed by atoms with E-state index < -0.39 is 21.8 Å². The highest BCUT2D eigenvalue weighted by Crippen LogP contribution is 2.20. The molecule has 1 fully saturated rings. The maximum atomic E-state index is 12.3. The first-order valence-corrected chi connectivity index (χ1v) is 7.55. The lowest BCUT2D eigenvalue weighted by molar-refractivity contribution is 0.0656. The van der Waals surface area contributed by atoms with Crippen molar-refractivity contribution in [2.45, 2.75) is 5.09 Å². The van der Waals surface area contributed by atoms with Gasteiger partial charge in [-0.05, 0) is 12.1 Å². The van der Waals surface area contributed by atoms with Crippen LogP contribution in [-0.4, -0.2) is 73.1 Å². The van der Waals surface area contributed by atoms with E-state index in [1.165, 1.54) is 4.31 Å². The smallest absolute Gasteiger partial charge is 0.371 e. The quantitative estimate of drug-likeness (QED) is 0.738. The van der Waals surface area contributed by atoms with E-state index in [0.717, 1.165) is 12.1 Å². The third kappa shape index (κ3) is 3.01. The summed E-state index contributed by atoms with van der Waals surface area (Å²) in [5.41, 5.74) is 0. The predicted molar refractivity (Wildman–Crippen MR) is 68.0 cm³/mol. The van der Waals surface area contributed by atoms with Crippen molar-refractivity contribution < 1.29 is 27.8 Å². The van der Waals surface area contributed by atoms with Crippen LogP contribution < -0.4 is 0 Å². The molecule has 2 N–H and O–H groups in total. The first-order chi connectivity index (χ1) is 9.45. The Morgan fingerprint density at radius 2 is 1.90 bits per heavy atom. The largest absolute Gasteiger partial charge is 0.475 e. The van der Waals surface area contributed by atoms with Gasteiger partial charge in [0.1, 0.15) is 0 Å². The van der Waals surface area contributed by atoms with E-state index in [9.17, 15) is 13.2 Å². The van der Waals surface area contributed by atoms with E-state index in [1.54, 1.807) is 0 Å². The summed E-state index contributed by atoms with van der Waals surface area (Å²) >= 11 is 0. The van der Waals surface area contributed by atoms with E-state index in [-0.39, 0.29) is 24.8 Å². The summed E-state index contributed by atoms with van der Waals surface area (Å²) in [6.45, 7) is 2.15. The standard InChI is InChI=1S/C11H16N2O6S/c14-8-7-12-3-5-13(6-4-12)20(17,18)10-2-1-9(19-10)11(15)16/h1-2,14H,3-8H2,(H,15,16). The molecule has 8 nitrogen and oxygen atoms in total. The summed E-state index contributed by atoms with van der Waals surface area (Å²) in [6, 6.07) is 2.27. The van der Waals surface area contributed by atoms with Gasteiger partial charge in [-0.15, -0.1) is 0 Å². The number of aliphatic hydroxyl groups is 1. The number of nitrogens with zero attached hydrogens (tertiary/aromatic N) is 2. The summed E-state index contributed by atoms with van der Waals surface area (Å²) in [5, 5.41) is 17.2. The van der Waals surface area contributed by atoms with Crippen LogP contribution in [0.4, 0.5) is 0 Å². The molecule has 0 aliphatic carbocycles. The van der Waals surface area contributed by atoms with E-state index in [4.69, 9.17) is 14.6 Å². The zero-order valence-electron chi connectivity index (χ0n) is 10.7. The molecule has 0 spiro atoms. The Morgan fingerprint density at radius 1 is 1.25 bits per heavy atom. The number of sulfonamides is 1. The summed E-state index contributed by atoms with van der Waals surface area (Å²) in [5.74, 6) is -1.71. The van der Waals surface area contributed by atoms with Gasteiger partial charge < -0.3 is 14.6 Å². The van der Waals surface area contributed by atoms with Gasteiger partial charge in [0.15, 0.2) is 0 Å². The molecule has 2 heterocycles. The van der Waals surface area contributed by atoms with Crippen LogP contribution in [0.1, 0.15) is 10.6 Å². The van der Waals surface area contributed by atoms with Gasteiger partial charge in [0.05, 0.1) is 6.61 Å². The number of aromatic carboxylic acids is 1. The summed E-state index contributed by atoms with van der Waals surface area (Å²) in [6.07, 6.45) is 0. The van der Waals surface area contributed by atoms with Gasteiger partial charge in [0.25, 0.3) is 10.0 Å². The van der Waals surface area contributed by atoms with Crippen molar-refractivity contribution in [3.8, 4) is 0 Å². The second-order valence-corrected chi connectivity index (χ2v) is 6.26. The van der Waals surface area contributed by atoms with Crippen LogP contribution in [0.3, 0.4) is 0 Å². The third-order valence-electron chi connectivity index (χ3n) is 3.13. The zero-order chi connectivity index (χ0) is 14.8. The number of carboxylic acid groups (broad SMARTS) is 1. The molecule has 0 saturated carbocycles. The van der Waals surface area contributed by atoms with Gasteiger partial charge in [-0.3, -0.25) is 4.90 Å². The number of piperazine rings is 1. The molecular formula is C11H16N2O6S. The van der Waals surface area contributed by atoms with E-state index in [2.05, 4.69) is 0 Å². The van der Waals surface area contributed by atoms with Crippen molar-refractivity contribution >= 4 is 16.0 Å². The fourth-order valence-electron chi connectivity index (χ4n) is 2.04. The fraction of sp³-hybridized carbons (Fsp3) is 0.545. The molecule has 112 valence electrons. The number of carbonyl (C=O) groups is 1. The fourth-order valence-corrected chi connectivity index (χ4v) is 3.37. The van der Waals surface area contributed by atoms with Crippen molar-refractivity contribution in [3.05, 3.63) is 17.9 Å². The minimum absolute atomic E-state index is 0.0346. The van der Waals surface area contributed by atoms with Crippen LogP contribution >= 0.6 is 0 Å². The molecule has 1 aromatic heterocycles. The van der Waals surface area contributed by atoms with Gasteiger partial charge in [0, 0.05) is 32.7 Å². The number of hydrogen-bond donors (Lipinski definition) is 2. The highest BCUT2D eigenvalue weighted by atomic mass is 32.2. The van der Waals surface area contributed by atoms with Gasteiger partial charge in [-0.1, -0.05) is 0 Å². The van der Waals surface area contributed by atoms with Gasteiger partial charge in [-0.25, -0.2) is 13.2 Å². The lowest BCUT2D eigenvalue weighted by atomic mass is 10.4. The third-order valence-corrected chi connectivity index (χ3v) is 4.91. The van der Waals surface area contributed by atoms with E-state index in [1.807, 2.05) is 4.90 Å². The van der Waals surface area contributed by atoms with Crippen LogP contribution in [0, 0.1) is 0 Å². The molecule has 1 aromatic rings. The molecule has 0 amide bonds. The Balaban J connectivity index is 2.09. The predicted octanol–water partition coefficient (Wildman–Crippen LogP) is -0.724. The van der Waals surface area contributed by atoms with Crippen molar-refractivity contribution in [2.75, 3.05) is 39.3 Å². The summed E-state index contributed by atoms with van der Waals surface area (Å²) < 4.78 is 30.6. The van der Waals surface area contributed by atoms with E-state index >= 15 is 0 Å². The van der Waals surface area contributed by atoms with Gasteiger partial charge in [0.2, 0.25) is 10.9 Å². The normalized spacial score (nSPS) is 18.2. The van der Waals surface area contributed by atoms with Crippen molar-refractivity contribution in [3.63, 3.8) is 0 Å². The Labute approximate surface area is 116 Å². The molecule has 1 saturated heterocycles. The highest BCUT2D eigenvalue weighted by molar-refractivity contribution is 7.89. The lowest BCUT2D eigenvalue weighted by Gasteiger charge is -2.32. The topological polar surface area (TPSA) is 111 Å². The number of β-amino-alcohol motifs (C(OH)–C–C–N with tert-alkyl or cyclic N) is 1. The molecular weight excluding hydrogens is 288 g/mol. The molecule has 0 radical (unpaired) electrons. The van der Waals surface area contributed by atoms with E-state index in [0.29, 0.717) is 19.6 Å². The number of carboxylic acids is 1. The zero-order valence-corrected chi connectivity index (χ0v) is 11.5. The number of furan rings is 1. The molecule has 0 aromatic carbocycles. The maximum Gasteiger partial charge on any atom is 0.371 e. The monoisotopic (exact) mass is 304 g/mol. The molecule has 0 bridgehead atoms. The molecule has 0 atom stereocenters. The van der Waals surface area contributed by atoms with Crippen molar-refractivity contribution in [2.24, 2.45) is 0 Å². The molecule has 2 rings (SSSR count). The van der Waals surface area contributed by atoms with Gasteiger partial charge >= 0.3 is 5.97 Å². The molecule has 0 unspecified atom stereocenters. The van der Waals surface area contributed by atoms with Crippen LogP contribution in [0.2, 0.25) is 0 Å². The minimum atomic E-state index is -3.80. The summed E-state index contributed by atoms with van der Waals surface area (Å²) in [7, 11) is -3.80. The average Bonchev–Trinajstić information content (AvgIpc) is 2.90. The average molecular weight is 304 g/mol. The van der Waals surface area contributed by atoms with Crippen molar-refractivity contribution in [1.82, 2.24) is 9.21 Å². The van der Waals surface area contributed by atoms with Crippen LogP contribution in [0.25, 0.3) is 0 Å². The van der Waals surface area contributed by atoms with Crippen LogP contribution in [0.5, 0.6) is 0 Å². The minimum Gasteiger partial charge on any atom is -0.475 e. The first-order valence-electron chi connectivity index (χ1n) is 6.11. The Kier molecular flexibility index (Phi) is 4.43. The molecule has 1 aliphatic heterocycles. The molecule has 20 heavy (non-hydrogen) atoms. The Bertz CT molecular complexity index is 573. The summed E-state index contributed by atoms with van der Waals surface area (Å²) in [4.78, 5) is 12.7. The van der Waals surface area contributed by atoms with Gasteiger partial charge in [-0.2, -0.15) is 4.31 Å². The Hall–Kier alpha value is -1.42. The van der Waals surface area contributed by atoms with Crippen LogP contribution in [0.15, 0.2) is 21.6 Å². The lowest BCUT2D eigenvalue weighted by Crippen LogP contribution is -2.49.